The summed E-state index contributed by atoms with van der Waals surface area (Å²) in [5.41, 5.74) is 6.91. The molecule has 4 aromatic carbocycles. The Hall–Kier alpha value is -3.60. The molecule has 2 atom stereocenters. The van der Waals surface area contributed by atoms with Crippen molar-refractivity contribution in [3.63, 3.8) is 0 Å². The summed E-state index contributed by atoms with van der Waals surface area (Å²) in [6.45, 7) is 6.37. The molecule has 0 aromatic heterocycles. The molecule has 2 heterocycles. The van der Waals surface area contributed by atoms with Gasteiger partial charge in [0, 0.05) is 38.1 Å². The van der Waals surface area contributed by atoms with Gasteiger partial charge in [0.15, 0.2) is 0 Å². The molecule has 2 aliphatic heterocycles. The summed E-state index contributed by atoms with van der Waals surface area (Å²) in [6.07, 6.45) is 5.76. The standard InChI is InChI=1S/C19H20FN.C18H18FN/c20-18-8-6-16(7-9-18)19-10-11-21(14-17(19)12-19)13-15-4-2-1-3-5-15;19-18-8-6-16(7-9-18)17-10-12-20(13-11-17)14-15-4-2-1-3-5-15/h1-9,17H,10-14H2;1-10H,11-14H2. The van der Waals surface area contributed by atoms with Crippen LogP contribution >= 0.6 is 0 Å². The second-order valence-corrected chi connectivity index (χ2v) is 11.7. The third-order valence-corrected chi connectivity index (χ3v) is 9.01. The lowest BCUT2D eigenvalue weighted by Gasteiger charge is -2.32. The maximum absolute atomic E-state index is 13.1. The lowest BCUT2D eigenvalue weighted by molar-refractivity contribution is 0.199. The average Bonchev–Trinajstić information content (AvgIpc) is 3.75. The largest absolute Gasteiger partial charge is 0.299 e. The first-order chi connectivity index (χ1) is 20.1. The van der Waals surface area contributed by atoms with Crippen LogP contribution < -0.4 is 0 Å². The van der Waals surface area contributed by atoms with Crippen molar-refractivity contribution in [1.82, 2.24) is 9.80 Å². The molecule has 3 aliphatic rings. The Labute approximate surface area is 242 Å². The molecule has 0 N–H and O–H groups in total. The number of rotatable bonds is 6. The van der Waals surface area contributed by atoms with E-state index in [1.54, 1.807) is 12.1 Å². The molecule has 4 heteroatoms. The molecular weight excluding hydrogens is 510 g/mol. The molecule has 2 fully saturated rings. The van der Waals surface area contributed by atoms with Gasteiger partial charge in [-0.3, -0.25) is 9.80 Å². The van der Waals surface area contributed by atoms with Crippen molar-refractivity contribution in [1.29, 1.82) is 0 Å². The monoisotopic (exact) mass is 548 g/mol. The van der Waals surface area contributed by atoms with E-state index in [1.165, 1.54) is 53.8 Å². The first-order valence-corrected chi connectivity index (χ1v) is 14.8. The number of nitrogens with zero attached hydrogens (tertiary/aromatic N) is 2. The Kier molecular flexibility index (Phi) is 8.41. The molecule has 4 aromatic rings. The average molecular weight is 549 g/mol. The van der Waals surface area contributed by atoms with Gasteiger partial charge >= 0.3 is 0 Å². The van der Waals surface area contributed by atoms with E-state index in [2.05, 4.69) is 70.5 Å². The minimum atomic E-state index is -0.170. The van der Waals surface area contributed by atoms with Crippen molar-refractivity contribution in [2.45, 2.75) is 37.8 Å². The SMILES string of the molecule is Fc1ccc(C23CCN(Cc4ccccc4)CC2C3)cc1.Fc1ccc(C2=CCN(Cc3ccccc3)CC2)cc1. The summed E-state index contributed by atoms with van der Waals surface area (Å²) in [6, 6.07) is 35.2. The van der Waals surface area contributed by atoms with Crippen LogP contribution in [0.25, 0.3) is 5.57 Å². The fourth-order valence-corrected chi connectivity index (χ4v) is 6.57. The van der Waals surface area contributed by atoms with Gasteiger partial charge in [0.05, 0.1) is 0 Å². The van der Waals surface area contributed by atoms with Crippen molar-refractivity contribution in [2.75, 3.05) is 26.2 Å². The van der Waals surface area contributed by atoms with E-state index < -0.39 is 0 Å². The number of hydrogen-bond donors (Lipinski definition) is 0. The van der Waals surface area contributed by atoms with Crippen LogP contribution in [-0.4, -0.2) is 36.0 Å². The molecule has 0 spiro atoms. The van der Waals surface area contributed by atoms with Crippen LogP contribution in [0, 0.1) is 17.6 Å². The highest BCUT2D eigenvalue weighted by Crippen LogP contribution is 2.59. The van der Waals surface area contributed by atoms with E-state index in [1.807, 2.05) is 30.3 Å². The van der Waals surface area contributed by atoms with E-state index in [0.29, 0.717) is 5.41 Å². The van der Waals surface area contributed by atoms with Crippen LogP contribution in [0.15, 0.2) is 115 Å². The van der Waals surface area contributed by atoms with Gasteiger partial charge in [0.25, 0.3) is 0 Å². The first kappa shape index (κ1) is 27.6. The minimum absolute atomic E-state index is 0.131. The molecule has 2 unspecified atom stereocenters. The summed E-state index contributed by atoms with van der Waals surface area (Å²) >= 11 is 0. The summed E-state index contributed by atoms with van der Waals surface area (Å²) < 4.78 is 26.0. The summed E-state index contributed by atoms with van der Waals surface area (Å²) in [7, 11) is 0. The van der Waals surface area contributed by atoms with Crippen LogP contribution in [0.5, 0.6) is 0 Å². The second-order valence-electron chi connectivity index (χ2n) is 11.7. The fourth-order valence-electron chi connectivity index (χ4n) is 6.57. The lowest BCUT2D eigenvalue weighted by atomic mass is 9.87. The Bertz CT molecular complexity index is 1430. The number of piperidine rings is 1. The fraction of sp³-hybridized carbons (Fsp3) is 0.297. The van der Waals surface area contributed by atoms with E-state index in [0.717, 1.165) is 50.6 Å². The van der Waals surface area contributed by atoms with Crippen molar-refractivity contribution in [2.24, 2.45) is 5.92 Å². The van der Waals surface area contributed by atoms with Crippen molar-refractivity contribution in [3.05, 3.63) is 149 Å². The maximum Gasteiger partial charge on any atom is 0.123 e. The Morgan fingerprint density at radius 3 is 1.80 bits per heavy atom. The predicted octanol–water partition coefficient (Wildman–Crippen LogP) is 8.10. The first-order valence-electron chi connectivity index (χ1n) is 14.8. The Morgan fingerprint density at radius 2 is 1.24 bits per heavy atom. The highest BCUT2D eigenvalue weighted by molar-refractivity contribution is 5.66. The normalized spacial score (nSPS) is 22.2. The molecule has 2 nitrogen and oxygen atoms in total. The molecule has 41 heavy (non-hydrogen) atoms. The molecule has 1 saturated carbocycles. The number of fused-ring (bicyclic) bond motifs is 1. The third kappa shape index (κ3) is 6.83. The van der Waals surface area contributed by atoms with Crippen molar-refractivity contribution >= 4 is 5.57 Å². The number of hydrogen-bond acceptors (Lipinski definition) is 2. The summed E-state index contributed by atoms with van der Waals surface area (Å²) in [4.78, 5) is 5.00. The maximum atomic E-state index is 13.1. The number of benzene rings is 4. The van der Waals surface area contributed by atoms with Crippen LogP contribution in [0.3, 0.4) is 0 Å². The number of likely N-dealkylation sites (tertiary alicyclic amines) is 1. The molecule has 7 rings (SSSR count). The van der Waals surface area contributed by atoms with Gasteiger partial charge in [0.1, 0.15) is 11.6 Å². The van der Waals surface area contributed by atoms with Crippen LogP contribution in [0.2, 0.25) is 0 Å². The van der Waals surface area contributed by atoms with Gasteiger partial charge in [-0.2, -0.15) is 0 Å². The predicted molar refractivity (Wildman–Crippen MR) is 163 cm³/mol. The van der Waals surface area contributed by atoms with Crippen molar-refractivity contribution in [3.8, 4) is 0 Å². The van der Waals surface area contributed by atoms with Crippen molar-refractivity contribution < 1.29 is 8.78 Å². The molecule has 0 radical (unpaired) electrons. The molecular formula is C37H38F2N2. The van der Waals surface area contributed by atoms with E-state index in [-0.39, 0.29) is 11.6 Å². The molecule has 1 aliphatic carbocycles. The highest BCUT2D eigenvalue weighted by Gasteiger charge is 2.57. The van der Waals surface area contributed by atoms with Crippen LogP contribution in [0.1, 0.15) is 41.5 Å². The van der Waals surface area contributed by atoms with Gasteiger partial charge in [-0.1, -0.05) is 91.0 Å². The van der Waals surface area contributed by atoms with Gasteiger partial charge < -0.3 is 0 Å². The smallest absolute Gasteiger partial charge is 0.123 e. The second kappa shape index (κ2) is 12.5. The van der Waals surface area contributed by atoms with E-state index in [9.17, 15) is 8.78 Å². The summed E-state index contributed by atoms with van der Waals surface area (Å²) in [5, 5.41) is 0. The van der Waals surface area contributed by atoms with Gasteiger partial charge in [-0.05, 0) is 83.8 Å². The van der Waals surface area contributed by atoms with E-state index in [4.69, 9.17) is 0 Å². The third-order valence-electron chi connectivity index (χ3n) is 9.01. The van der Waals surface area contributed by atoms with Gasteiger partial charge in [-0.25, -0.2) is 8.78 Å². The van der Waals surface area contributed by atoms with Gasteiger partial charge in [-0.15, -0.1) is 0 Å². The minimum Gasteiger partial charge on any atom is -0.299 e. The zero-order valence-electron chi connectivity index (χ0n) is 23.6. The van der Waals surface area contributed by atoms with Gasteiger partial charge in [0.2, 0.25) is 0 Å². The molecule has 0 bridgehead atoms. The quantitative estimate of drug-likeness (QED) is 0.240. The molecule has 0 amide bonds. The van der Waals surface area contributed by atoms with Crippen LogP contribution in [0.4, 0.5) is 8.78 Å². The topological polar surface area (TPSA) is 6.48 Å². The van der Waals surface area contributed by atoms with Crippen LogP contribution in [-0.2, 0) is 18.5 Å². The summed E-state index contributed by atoms with van der Waals surface area (Å²) in [5.74, 6) is 0.449. The Balaban J connectivity index is 0.000000148. The number of halogens is 2. The molecule has 1 saturated heterocycles. The zero-order chi connectivity index (χ0) is 28.1. The Morgan fingerprint density at radius 1 is 0.659 bits per heavy atom. The lowest BCUT2D eigenvalue weighted by Crippen LogP contribution is -2.35. The molecule has 210 valence electrons. The zero-order valence-corrected chi connectivity index (χ0v) is 23.6. The van der Waals surface area contributed by atoms with E-state index >= 15 is 0 Å². The highest BCUT2D eigenvalue weighted by atomic mass is 19.1.